The summed E-state index contributed by atoms with van der Waals surface area (Å²) in [6.07, 6.45) is 1.02. The molecule has 2 aliphatic rings. The van der Waals surface area contributed by atoms with Crippen LogP contribution < -0.4 is 0 Å². The van der Waals surface area contributed by atoms with E-state index in [1.165, 1.54) is 4.90 Å². The molecule has 12 heavy (non-hydrogen) atoms. The van der Waals surface area contributed by atoms with Gasteiger partial charge in [-0.2, -0.15) is 0 Å². The van der Waals surface area contributed by atoms with Crippen molar-refractivity contribution in [2.45, 2.75) is 25.3 Å². The molecule has 2 atom stereocenters. The number of carbonyl (C=O) groups is 2. The van der Waals surface area contributed by atoms with Crippen molar-refractivity contribution in [2.24, 2.45) is 5.92 Å². The summed E-state index contributed by atoms with van der Waals surface area (Å²) in [5, 5.41) is 8.76. The molecule has 0 unspecified atom stereocenters. The molecule has 0 aromatic carbocycles. The highest BCUT2D eigenvalue weighted by molar-refractivity contribution is 5.83. The van der Waals surface area contributed by atoms with E-state index in [0.717, 1.165) is 6.42 Å². The summed E-state index contributed by atoms with van der Waals surface area (Å²) >= 11 is 0. The fourth-order valence-corrected chi connectivity index (χ4v) is 2.28. The minimum absolute atomic E-state index is 0.00463. The molecule has 0 bridgehead atoms. The van der Waals surface area contributed by atoms with Crippen molar-refractivity contribution in [3.63, 3.8) is 0 Å². The number of ketones is 1. The number of hydrogen-bond acceptors (Lipinski definition) is 2. The van der Waals surface area contributed by atoms with Gasteiger partial charge in [0.15, 0.2) is 0 Å². The fourth-order valence-electron chi connectivity index (χ4n) is 2.28. The van der Waals surface area contributed by atoms with Crippen molar-refractivity contribution < 1.29 is 14.7 Å². The fraction of sp³-hybridized carbons (Fsp3) is 0.750. The van der Waals surface area contributed by atoms with Crippen molar-refractivity contribution in [1.82, 2.24) is 4.90 Å². The molecular formula is C8H11NO3. The highest BCUT2D eigenvalue weighted by Gasteiger charge is 2.43. The highest BCUT2D eigenvalue weighted by atomic mass is 16.4. The molecule has 2 rings (SSSR count). The molecule has 1 aliphatic carbocycles. The molecule has 0 spiro atoms. The van der Waals surface area contributed by atoms with Crippen LogP contribution in [0.2, 0.25) is 0 Å². The second-order valence-corrected chi connectivity index (χ2v) is 3.54. The maximum absolute atomic E-state index is 11.0. The van der Waals surface area contributed by atoms with Crippen LogP contribution in [0.5, 0.6) is 0 Å². The van der Waals surface area contributed by atoms with Crippen LogP contribution in [0.3, 0.4) is 0 Å². The number of fused-ring (bicyclic) bond motifs is 1. The first-order valence-electron chi connectivity index (χ1n) is 4.20. The number of hydrogen-bond donors (Lipinski definition) is 1. The largest absolute Gasteiger partial charge is 0.465 e. The predicted molar refractivity (Wildman–Crippen MR) is 40.9 cm³/mol. The zero-order chi connectivity index (χ0) is 8.72. The molecule has 4 heteroatoms. The van der Waals surface area contributed by atoms with Gasteiger partial charge in [0, 0.05) is 25.4 Å². The van der Waals surface area contributed by atoms with E-state index in [0.29, 0.717) is 25.3 Å². The molecule has 1 saturated carbocycles. The van der Waals surface area contributed by atoms with Crippen molar-refractivity contribution in [1.29, 1.82) is 0 Å². The molecule has 1 heterocycles. The molecule has 1 amide bonds. The Hall–Kier alpha value is -1.06. The van der Waals surface area contributed by atoms with Crippen molar-refractivity contribution in [2.75, 3.05) is 6.54 Å². The van der Waals surface area contributed by atoms with Gasteiger partial charge in [0.2, 0.25) is 0 Å². The molecule has 1 aliphatic heterocycles. The van der Waals surface area contributed by atoms with E-state index in [2.05, 4.69) is 0 Å². The summed E-state index contributed by atoms with van der Waals surface area (Å²) in [5.41, 5.74) is 0. The van der Waals surface area contributed by atoms with E-state index in [1.54, 1.807) is 0 Å². The minimum Gasteiger partial charge on any atom is -0.465 e. The lowest BCUT2D eigenvalue weighted by Crippen LogP contribution is -2.34. The molecular weight excluding hydrogens is 158 g/mol. The molecule has 1 N–H and O–H groups in total. The van der Waals surface area contributed by atoms with E-state index in [-0.39, 0.29) is 11.8 Å². The first-order valence-corrected chi connectivity index (χ1v) is 4.20. The van der Waals surface area contributed by atoms with Crippen LogP contribution in [-0.2, 0) is 4.79 Å². The average Bonchev–Trinajstić information content (AvgIpc) is 2.43. The standard InChI is InChI=1S/C8H11NO3/c10-6-3-5-1-2-9(8(11)12)7(5)4-6/h5,7H,1-4H2,(H,11,12)/t5-,7+/m1/s1. The molecule has 1 saturated heterocycles. The zero-order valence-electron chi connectivity index (χ0n) is 6.69. The van der Waals surface area contributed by atoms with Gasteiger partial charge >= 0.3 is 6.09 Å². The lowest BCUT2D eigenvalue weighted by Gasteiger charge is -2.18. The second-order valence-electron chi connectivity index (χ2n) is 3.54. The second kappa shape index (κ2) is 2.47. The summed E-state index contributed by atoms with van der Waals surface area (Å²) in [7, 11) is 0. The monoisotopic (exact) mass is 169 g/mol. The highest BCUT2D eigenvalue weighted by Crippen LogP contribution is 2.35. The van der Waals surface area contributed by atoms with Gasteiger partial charge in [0.05, 0.1) is 0 Å². The topological polar surface area (TPSA) is 57.6 Å². The number of likely N-dealkylation sites (tertiary alicyclic amines) is 1. The van der Waals surface area contributed by atoms with Gasteiger partial charge < -0.3 is 10.0 Å². The molecule has 66 valence electrons. The Kier molecular flexibility index (Phi) is 1.56. The molecule has 0 aromatic rings. The first kappa shape index (κ1) is 7.58. The third-order valence-electron chi connectivity index (χ3n) is 2.86. The van der Waals surface area contributed by atoms with Crippen LogP contribution in [0.4, 0.5) is 4.79 Å². The van der Waals surface area contributed by atoms with Crippen LogP contribution in [0.1, 0.15) is 19.3 Å². The summed E-state index contributed by atoms with van der Waals surface area (Å²) in [6, 6.07) is -0.00463. The van der Waals surface area contributed by atoms with Gasteiger partial charge in [-0.3, -0.25) is 4.79 Å². The van der Waals surface area contributed by atoms with Crippen LogP contribution in [-0.4, -0.2) is 34.5 Å². The van der Waals surface area contributed by atoms with Gasteiger partial charge in [0.1, 0.15) is 5.78 Å². The van der Waals surface area contributed by atoms with E-state index < -0.39 is 6.09 Å². The molecule has 2 fully saturated rings. The van der Waals surface area contributed by atoms with Crippen LogP contribution in [0.25, 0.3) is 0 Å². The van der Waals surface area contributed by atoms with E-state index in [9.17, 15) is 9.59 Å². The van der Waals surface area contributed by atoms with E-state index in [1.807, 2.05) is 0 Å². The predicted octanol–water partition coefficient (Wildman–Crippen LogP) is 0.718. The lowest BCUT2D eigenvalue weighted by atomic mass is 10.1. The number of carboxylic acid groups (broad SMARTS) is 1. The number of nitrogens with zero attached hydrogens (tertiary/aromatic N) is 1. The lowest BCUT2D eigenvalue weighted by molar-refractivity contribution is -0.117. The van der Waals surface area contributed by atoms with Gasteiger partial charge in [-0.15, -0.1) is 0 Å². The summed E-state index contributed by atoms with van der Waals surface area (Å²) in [6.45, 7) is 0.609. The van der Waals surface area contributed by atoms with Crippen molar-refractivity contribution in [3.05, 3.63) is 0 Å². The van der Waals surface area contributed by atoms with Crippen molar-refractivity contribution in [3.8, 4) is 0 Å². The summed E-state index contributed by atoms with van der Waals surface area (Å²) in [4.78, 5) is 23.1. The zero-order valence-corrected chi connectivity index (χ0v) is 6.69. The first-order chi connectivity index (χ1) is 5.68. The number of carbonyl (C=O) groups excluding carboxylic acids is 1. The third-order valence-corrected chi connectivity index (χ3v) is 2.86. The quantitative estimate of drug-likeness (QED) is 0.581. The van der Waals surface area contributed by atoms with Gasteiger partial charge in [-0.1, -0.05) is 0 Å². The Morgan fingerprint density at radius 2 is 2.25 bits per heavy atom. The van der Waals surface area contributed by atoms with Gasteiger partial charge in [-0.05, 0) is 12.3 Å². The molecule has 0 radical (unpaired) electrons. The maximum atomic E-state index is 11.0. The Morgan fingerprint density at radius 3 is 2.92 bits per heavy atom. The number of rotatable bonds is 0. The Labute approximate surface area is 70.2 Å². The smallest absolute Gasteiger partial charge is 0.407 e. The van der Waals surface area contributed by atoms with Crippen LogP contribution >= 0.6 is 0 Å². The van der Waals surface area contributed by atoms with E-state index in [4.69, 9.17) is 5.11 Å². The Bertz CT molecular complexity index is 238. The minimum atomic E-state index is -0.878. The molecule has 0 aromatic heterocycles. The summed E-state index contributed by atoms with van der Waals surface area (Å²) < 4.78 is 0. The van der Waals surface area contributed by atoms with Gasteiger partial charge in [0.25, 0.3) is 0 Å². The normalized spacial score (nSPS) is 34.0. The van der Waals surface area contributed by atoms with Crippen molar-refractivity contribution >= 4 is 11.9 Å². The Balaban J connectivity index is 2.13. The van der Waals surface area contributed by atoms with E-state index >= 15 is 0 Å². The summed E-state index contributed by atoms with van der Waals surface area (Å²) in [5.74, 6) is 0.532. The Morgan fingerprint density at radius 1 is 1.50 bits per heavy atom. The SMILES string of the molecule is O=C1C[C@H]2CCN(C(=O)O)[C@H]2C1. The molecule has 4 nitrogen and oxygen atoms in total. The van der Waals surface area contributed by atoms with Crippen LogP contribution in [0, 0.1) is 5.92 Å². The third kappa shape index (κ3) is 0.983. The maximum Gasteiger partial charge on any atom is 0.407 e. The average molecular weight is 169 g/mol. The van der Waals surface area contributed by atoms with Gasteiger partial charge in [-0.25, -0.2) is 4.79 Å². The number of Topliss-reactive ketones (excluding diaryl/α,β-unsaturated/α-hetero) is 1. The van der Waals surface area contributed by atoms with Crippen LogP contribution in [0.15, 0.2) is 0 Å². The number of amides is 1.